The van der Waals surface area contributed by atoms with Crippen LogP contribution < -0.4 is 5.32 Å². The number of amides is 3. The van der Waals surface area contributed by atoms with E-state index in [1.165, 1.54) is 19.1 Å². The number of benzene rings is 2. The van der Waals surface area contributed by atoms with Crippen molar-refractivity contribution in [3.05, 3.63) is 69.9 Å². The van der Waals surface area contributed by atoms with E-state index in [0.717, 1.165) is 14.9 Å². The molecule has 0 spiro atoms. The maximum atomic E-state index is 14.1. The Morgan fingerprint density at radius 2 is 1.78 bits per heavy atom. The molecule has 1 unspecified atom stereocenters. The summed E-state index contributed by atoms with van der Waals surface area (Å²) in [4.78, 5) is 26.1. The predicted molar refractivity (Wildman–Crippen MR) is 87.0 cm³/mol. The standard InChI is InChI=1S/C17H14BrFN2O2/c1-17(13-4-2-3-5-14(13)19)15(22)21(16(23)20-17)10-11-6-8-12(18)9-7-11/h2-9H,10H2,1H3,(H,20,23). The van der Waals surface area contributed by atoms with Gasteiger partial charge in [0.25, 0.3) is 5.91 Å². The van der Waals surface area contributed by atoms with Crippen molar-refractivity contribution in [2.45, 2.75) is 19.0 Å². The van der Waals surface area contributed by atoms with E-state index in [0.29, 0.717) is 0 Å². The minimum absolute atomic E-state index is 0.141. The molecule has 1 atom stereocenters. The van der Waals surface area contributed by atoms with Crippen LogP contribution in [0.5, 0.6) is 0 Å². The molecule has 23 heavy (non-hydrogen) atoms. The summed E-state index contributed by atoms with van der Waals surface area (Å²) in [5, 5.41) is 2.61. The van der Waals surface area contributed by atoms with Gasteiger partial charge in [-0.25, -0.2) is 9.18 Å². The number of carbonyl (C=O) groups excluding carboxylic acids is 2. The predicted octanol–water partition coefficient (Wildman–Crippen LogP) is 3.56. The zero-order valence-corrected chi connectivity index (χ0v) is 13.9. The van der Waals surface area contributed by atoms with Crippen molar-refractivity contribution in [3.63, 3.8) is 0 Å². The molecule has 1 aliphatic rings. The number of nitrogens with zero attached hydrogens (tertiary/aromatic N) is 1. The number of imide groups is 1. The van der Waals surface area contributed by atoms with Crippen molar-refractivity contribution < 1.29 is 14.0 Å². The molecule has 1 heterocycles. The lowest BCUT2D eigenvalue weighted by Crippen LogP contribution is -2.41. The summed E-state index contributed by atoms with van der Waals surface area (Å²) in [5.74, 6) is -0.982. The summed E-state index contributed by atoms with van der Waals surface area (Å²) < 4.78 is 15.0. The Bertz CT molecular complexity index is 778. The summed E-state index contributed by atoms with van der Waals surface area (Å²) in [7, 11) is 0. The summed E-state index contributed by atoms with van der Waals surface area (Å²) in [6.07, 6.45) is 0. The summed E-state index contributed by atoms with van der Waals surface area (Å²) in [6, 6.07) is 12.8. The second-order valence-corrected chi connectivity index (χ2v) is 6.47. The second kappa shape index (κ2) is 5.77. The molecule has 1 N–H and O–H groups in total. The number of rotatable bonds is 3. The fraction of sp³-hybridized carbons (Fsp3) is 0.176. The molecule has 0 aliphatic carbocycles. The monoisotopic (exact) mass is 376 g/mol. The van der Waals surface area contributed by atoms with Gasteiger partial charge in [0.05, 0.1) is 6.54 Å². The van der Waals surface area contributed by atoms with Crippen LogP contribution in [-0.2, 0) is 16.9 Å². The van der Waals surface area contributed by atoms with Crippen LogP contribution in [0.2, 0.25) is 0 Å². The van der Waals surface area contributed by atoms with Crippen molar-refractivity contribution in [2.75, 3.05) is 0 Å². The van der Waals surface area contributed by atoms with Gasteiger partial charge in [0.1, 0.15) is 11.4 Å². The first-order valence-electron chi connectivity index (χ1n) is 7.05. The maximum Gasteiger partial charge on any atom is 0.325 e. The van der Waals surface area contributed by atoms with E-state index in [9.17, 15) is 14.0 Å². The van der Waals surface area contributed by atoms with Gasteiger partial charge in [-0.1, -0.05) is 46.3 Å². The first kappa shape index (κ1) is 15.7. The average Bonchev–Trinajstić information content (AvgIpc) is 2.74. The largest absolute Gasteiger partial charge is 0.325 e. The Hall–Kier alpha value is -2.21. The van der Waals surface area contributed by atoms with Gasteiger partial charge in [0.2, 0.25) is 0 Å². The Morgan fingerprint density at radius 1 is 1.13 bits per heavy atom. The van der Waals surface area contributed by atoms with E-state index >= 15 is 0 Å². The van der Waals surface area contributed by atoms with Gasteiger partial charge >= 0.3 is 6.03 Å². The molecule has 1 aliphatic heterocycles. The average molecular weight is 377 g/mol. The van der Waals surface area contributed by atoms with Crippen LogP contribution in [0.1, 0.15) is 18.1 Å². The minimum Gasteiger partial charge on any atom is -0.319 e. The molecular weight excluding hydrogens is 363 g/mol. The lowest BCUT2D eigenvalue weighted by molar-refractivity contribution is -0.131. The highest BCUT2D eigenvalue weighted by atomic mass is 79.9. The molecule has 0 aromatic heterocycles. The highest BCUT2D eigenvalue weighted by Gasteiger charge is 2.50. The summed E-state index contributed by atoms with van der Waals surface area (Å²) in [5.41, 5.74) is -0.413. The first-order chi connectivity index (χ1) is 10.9. The van der Waals surface area contributed by atoms with Gasteiger partial charge in [-0.05, 0) is 30.7 Å². The maximum absolute atomic E-state index is 14.1. The molecule has 0 saturated carbocycles. The zero-order valence-electron chi connectivity index (χ0n) is 12.3. The fourth-order valence-electron chi connectivity index (χ4n) is 2.66. The van der Waals surface area contributed by atoms with E-state index < -0.39 is 23.3 Å². The van der Waals surface area contributed by atoms with Crippen LogP contribution >= 0.6 is 15.9 Å². The Balaban J connectivity index is 1.91. The molecule has 2 aromatic carbocycles. The molecule has 118 valence electrons. The molecular formula is C17H14BrFN2O2. The van der Waals surface area contributed by atoms with Crippen molar-refractivity contribution in [3.8, 4) is 0 Å². The molecule has 3 amide bonds. The lowest BCUT2D eigenvalue weighted by Gasteiger charge is -2.22. The van der Waals surface area contributed by atoms with Crippen LogP contribution in [0.4, 0.5) is 9.18 Å². The number of carbonyl (C=O) groups is 2. The van der Waals surface area contributed by atoms with E-state index in [4.69, 9.17) is 0 Å². The minimum atomic E-state index is -1.39. The smallest absolute Gasteiger partial charge is 0.319 e. The van der Waals surface area contributed by atoms with Gasteiger partial charge in [0.15, 0.2) is 0 Å². The van der Waals surface area contributed by atoms with Crippen LogP contribution in [-0.4, -0.2) is 16.8 Å². The molecule has 0 bridgehead atoms. The van der Waals surface area contributed by atoms with Gasteiger partial charge in [-0.3, -0.25) is 9.69 Å². The molecule has 4 nitrogen and oxygen atoms in total. The lowest BCUT2D eigenvalue weighted by atomic mass is 9.91. The first-order valence-corrected chi connectivity index (χ1v) is 7.84. The van der Waals surface area contributed by atoms with Crippen LogP contribution in [0, 0.1) is 5.82 Å². The van der Waals surface area contributed by atoms with E-state index in [2.05, 4.69) is 21.2 Å². The zero-order chi connectivity index (χ0) is 16.6. The molecule has 0 radical (unpaired) electrons. The highest BCUT2D eigenvalue weighted by Crippen LogP contribution is 2.31. The van der Waals surface area contributed by atoms with E-state index in [-0.39, 0.29) is 12.1 Å². The number of hydrogen-bond donors (Lipinski definition) is 1. The second-order valence-electron chi connectivity index (χ2n) is 5.55. The van der Waals surface area contributed by atoms with E-state index in [1.54, 1.807) is 12.1 Å². The summed E-state index contributed by atoms with van der Waals surface area (Å²) >= 11 is 3.34. The van der Waals surface area contributed by atoms with Crippen LogP contribution in [0.25, 0.3) is 0 Å². The number of nitrogens with one attached hydrogen (secondary N) is 1. The third-order valence-corrected chi connectivity index (χ3v) is 4.47. The van der Waals surface area contributed by atoms with Gasteiger partial charge < -0.3 is 5.32 Å². The molecule has 6 heteroatoms. The van der Waals surface area contributed by atoms with Gasteiger partial charge in [0, 0.05) is 10.0 Å². The van der Waals surface area contributed by atoms with Crippen LogP contribution in [0.15, 0.2) is 53.0 Å². The Kier molecular flexibility index (Phi) is 3.93. The number of urea groups is 1. The SMILES string of the molecule is CC1(c2ccccc2F)NC(=O)N(Cc2ccc(Br)cc2)C1=O. The van der Waals surface area contributed by atoms with Crippen molar-refractivity contribution in [1.29, 1.82) is 0 Å². The molecule has 3 rings (SSSR count). The Morgan fingerprint density at radius 3 is 2.43 bits per heavy atom. The normalized spacial score (nSPS) is 20.7. The van der Waals surface area contributed by atoms with E-state index in [1.807, 2.05) is 24.3 Å². The quantitative estimate of drug-likeness (QED) is 0.832. The third kappa shape index (κ3) is 2.74. The number of halogens is 2. The Labute approximate surface area is 141 Å². The van der Waals surface area contributed by atoms with Crippen LogP contribution in [0.3, 0.4) is 0 Å². The van der Waals surface area contributed by atoms with Crippen molar-refractivity contribution in [1.82, 2.24) is 10.2 Å². The van der Waals surface area contributed by atoms with Crippen molar-refractivity contribution in [2.24, 2.45) is 0 Å². The molecule has 2 aromatic rings. The number of hydrogen-bond acceptors (Lipinski definition) is 2. The van der Waals surface area contributed by atoms with Crippen molar-refractivity contribution >= 4 is 27.9 Å². The van der Waals surface area contributed by atoms with Gasteiger partial charge in [-0.2, -0.15) is 0 Å². The topological polar surface area (TPSA) is 49.4 Å². The van der Waals surface area contributed by atoms with Gasteiger partial charge in [-0.15, -0.1) is 0 Å². The highest BCUT2D eigenvalue weighted by molar-refractivity contribution is 9.10. The molecule has 1 fully saturated rings. The third-order valence-electron chi connectivity index (χ3n) is 3.94. The fourth-order valence-corrected chi connectivity index (χ4v) is 2.93. The molecule has 1 saturated heterocycles. The summed E-state index contributed by atoms with van der Waals surface area (Å²) in [6.45, 7) is 1.66.